The molecule has 0 spiro atoms. The van der Waals surface area contributed by atoms with E-state index in [0.29, 0.717) is 30.0 Å². The summed E-state index contributed by atoms with van der Waals surface area (Å²) in [7, 11) is 0. The zero-order valence-electron chi connectivity index (χ0n) is 13.7. The molecule has 132 valence electrons. The van der Waals surface area contributed by atoms with Crippen molar-refractivity contribution in [3.63, 3.8) is 0 Å². The van der Waals surface area contributed by atoms with Gasteiger partial charge in [0, 0.05) is 30.2 Å². The number of rotatable bonds is 8. The standard InChI is InChI=1S/C19H21ClN2O3/c20-16-9-7-15(8-10-16)18(24)22-17(19(25)21-11-4-12-23)13-14-5-2-1-3-6-14/h1-3,5-10,17,23H,4,11-13H2,(H,21,25)(H,22,24). The highest BCUT2D eigenvalue weighted by atomic mass is 35.5. The van der Waals surface area contributed by atoms with Crippen molar-refractivity contribution in [2.75, 3.05) is 13.2 Å². The lowest BCUT2D eigenvalue weighted by Gasteiger charge is -2.19. The van der Waals surface area contributed by atoms with Gasteiger partial charge >= 0.3 is 0 Å². The first-order valence-electron chi connectivity index (χ1n) is 8.09. The molecule has 2 amide bonds. The Kier molecular flexibility index (Phi) is 7.44. The zero-order valence-corrected chi connectivity index (χ0v) is 14.5. The van der Waals surface area contributed by atoms with Crippen LogP contribution >= 0.6 is 11.6 Å². The molecule has 0 heterocycles. The molecule has 0 aliphatic carbocycles. The van der Waals surface area contributed by atoms with Gasteiger partial charge in [-0.2, -0.15) is 0 Å². The van der Waals surface area contributed by atoms with E-state index < -0.39 is 6.04 Å². The second-order valence-electron chi connectivity index (χ2n) is 5.59. The van der Waals surface area contributed by atoms with Crippen LogP contribution in [0.25, 0.3) is 0 Å². The van der Waals surface area contributed by atoms with Crippen molar-refractivity contribution < 1.29 is 14.7 Å². The molecule has 2 rings (SSSR count). The summed E-state index contributed by atoms with van der Waals surface area (Å²) in [5.41, 5.74) is 1.38. The molecule has 0 aliphatic heterocycles. The van der Waals surface area contributed by atoms with E-state index in [-0.39, 0.29) is 18.4 Å². The first-order chi connectivity index (χ1) is 12.1. The van der Waals surface area contributed by atoms with Crippen molar-refractivity contribution in [3.05, 3.63) is 70.7 Å². The fraction of sp³-hybridized carbons (Fsp3) is 0.263. The second kappa shape index (κ2) is 9.81. The van der Waals surface area contributed by atoms with Crippen LogP contribution < -0.4 is 10.6 Å². The summed E-state index contributed by atoms with van der Waals surface area (Å²) >= 11 is 5.83. The van der Waals surface area contributed by atoms with Crippen molar-refractivity contribution >= 4 is 23.4 Å². The van der Waals surface area contributed by atoms with E-state index in [1.807, 2.05) is 30.3 Å². The summed E-state index contributed by atoms with van der Waals surface area (Å²) in [5, 5.41) is 14.9. The minimum absolute atomic E-state index is 0.000760. The Morgan fingerprint density at radius 2 is 1.72 bits per heavy atom. The fourth-order valence-electron chi connectivity index (χ4n) is 2.32. The molecule has 0 radical (unpaired) electrons. The molecule has 0 aliphatic rings. The van der Waals surface area contributed by atoms with E-state index in [1.165, 1.54) is 0 Å². The quantitative estimate of drug-likeness (QED) is 0.631. The number of carbonyl (C=O) groups excluding carboxylic acids is 2. The normalized spacial score (nSPS) is 11.6. The monoisotopic (exact) mass is 360 g/mol. The predicted molar refractivity (Wildman–Crippen MR) is 97.6 cm³/mol. The molecule has 0 saturated heterocycles. The van der Waals surface area contributed by atoms with Gasteiger partial charge in [-0.05, 0) is 36.2 Å². The Hall–Kier alpha value is -2.37. The van der Waals surface area contributed by atoms with Crippen molar-refractivity contribution in [1.29, 1.82) is 0 Å². The molecule has 6 heteroatoms. The molecule has 1 atom stereocenters. The highest BCUT2D eigenvalue weighted by Crippen LogP contribution is 2.10. The molecule has 2 aromatic carbocycles. The van der Waals surface area contributed by atoms with E-state index in [1.54, 1.807) is 24.3 Å². The summed E-state index contributed by atoms with van der Waals surface area (Å²) in [4.78, 5) is 24.8. The molecular formula is C19H21ClN2O3. The molecule has 0 aromatic heterocycles. The van der Waals surface area contributed by atoms with Gasteiger partial charge in [0.05, 0.1) is 0 Å². The van der Waals surface area contributed by atoms with E-state index in [4.69, 9.17) is 16.7 Å². The first kappa shape index (κ1) is 19.0. The smallest absolute Gasteiger partial charge is 0.251 e. The average Bonchev–Trinajstić information content (AvgIpc) is 2.62. The number of hydrogen-bond acceptors (Lipinski definition) is 3. The van der Waals surface area contributed by atoms with Crippen LogP contribution in [-0.4, -0.2) is 36.1 Å². The summed E-state index contributed by atoms with van der Waals surface area (Å²) in [6.45, 7) is 0.359. The lowest BCUT2D eigenvalue weighted by Crippen LogP contribution is -2.48. The van der Waals surface area contributed by atoms with Gasteiger partial charge in [0.25, 0.3) is 5.91 Å². The molecular weight excluding hydrogens is 340 g/mol. The first-order valence-corrected chi connectivity index (χ1v) is 8.47. The van der Waals surface area contributed by atoms with Crippen LogP contribution in [0.5, 0.6) is 0 Å². The maximum absolute atomic E-state index is 12.4. The minimum atomic E-state index is -0.704. The zero-order chi connectivity index (χ0) is 18.1. The molecule has 25 heavy (non-hydrogen) atoms. The molecule has 5 nitrogen and oxygen atoms in total. The molecule has 0 bridgehead atoms. The van der Waals surface area contributed by atoms with Crippen LogP contribution in [0.3, 0.4) is 0 Å². The minimum Gasteiger partial charge on any atom is -0.396 e. The molecule has 3 N–H and O–H groups in total. The highest BCUT2D eigenvalue weighted by molar-refractivity contribution is 6.30. The number of benzene rings is 2. The number of hydrogen-bond donors (Lipinski definition) is 3. The Morgan fingerprint density at radius 1 is 1.04 bits per heavy atom. The van der Waals surface area contributed by atoms with Crippen LogP contribution in [0.4, 0.5) is 0 Å². The molecule has 1 unspecified atom stereocenters. The highest BCUT2D eigenvalue weighted by Gasteiger charge is 2.21. The third kappa shape index (κ3) is 6.21. The van der Waals surface area contributed by atoms with Gasteiger partial charge in [-0.3, -0.25) is 9.59 Å². The van der Waals surface area contributed by atoms with Crippen molar-refractivity contribution in [2.24, 2.45) is 0 Å². The van der Waals surface area contributed by atoms with Gasteiger partial charge in [0.15, 0.2) is 0 Å². The van der Waals surface area contributed by atoms with Crippen molar-refractivity contribution in [3.8, 4) is 0 Å². The topological polar surface area (TPSA) is 78.4 Å². The third-order valence-corrected chi connectivity index (χ3v) is 3.90. The number of nitrogens with one attached hydrogen (secondary N) is 2. The fourth-order valence-corrected chi connectivity index (χ4v) is 2.44. The van der Waals surface area contributed by atoms with Gasteiger partial charge in [-0.15, -0.1) is 0 Å². The number of amides is 2. The summed E-state index contributed by atoms with van der Waals surface area (Å²) in [6.07, 6.45) is 0.847. The number of halogens is 1. The van der Waals surface area contributed by atoms with Crippen LogP contribution in [0.2, 0.25) is 5.02 Å². The van der Waals surface area contributed by atoms with Crippen molar-refractivity contribution in [1.82, 2.24) is 10.6 Å². The Morgan fingerprint density at radius 3 is 2.36 bits per heavy atom. The second-order valence-corrected chi connectivity index (χ2v) is 6.03. The van der Waals surface area contributed by atoms with Crippen LogP contribution in [0.1, 0.15) is 22.3 Å². The van der Waals surface area contributed by atoms with E-state index in [9.17, 15) is 9.59 Å². The van der Waals surface area contributed by atoms with E-state index in [2.05, 4.69) is 10.6 Å². The summed E-state index contributed by atoms with van der Waals surface area (Å²) < 4.78 is 0. The Labute approximate surface area is 152 Å². The number of carbonyl (C=O) groups is 2. The van der Waals surface area contributed by atoms with Gasteiger partial charge < -0.3 is 15.7 Å². The van der Waals surface area contributed by atoms with Crippen LogP contribution in [0, 0.1) is 0 Å². The molecule has 0 saturated carbocycles. The van der Waals surface area contributed by atoms with Crippen molar-refractivity contribution in [2.45, 2.75) is 18.9 Å². The summed E-state index contributed by atoms with van der Waals surface area (Å²) in [5.74, 6) is -0.616. The molecule has 2 aromatic rings. The van der Waals surface area contributed by atoms with E-state index >= 15 is 0 Å². The number of aliphatic hydroxyl groups excluding tert-OH is 1. The Balaban J connectivity index is 2.08. The van der Waals surface area contributed by atoms with Gasteiger partial charge in [-0.25, -0.2) is 0 Å². The molecule has 0 fully saturated rings. The lowest BCUT2D eigenvalue weighted by atomic mass is 10.0. The lowest BCUT2D eigenvalue weighted by molar-refractivity contribution is -0.122. The maximum atomic E-state index is 12.4. The van der Waals surface area contributed by atoms with Gasteiger partial charge in [0.2, 0.25) is 5.91 Å². The largest absolute Gasteiger partial charge is 0.396 e. The predicted octanol–water partition coefficient (Wildman–Crippen LogP) is 2.18. The van der Waals surface area contributed by atoms with Crippen LogP contribution in [-0.2, 0) is 11.2 Å². The average molecular weight is 361 g/mol. The van der Waals surface area contributed by atoms with E-state index in [0.717, 1.165) is 5.56 Å². The SMILES string of the molecule is O=C(NC(Cc1ccccc1)C(=O)NCCCO)c1ccc(Cl)cc1. The van der Waals surface area contributed by atoms with Gasteiger partial charge in [-0.1, -0.05) is 41.9 Å². The Bertz CT molecular complexity index is 690. The summed E-state index contributed by atoms with van der Waals surface area (Å²) in [6, 6.07) is 15.3. The number of aliphatic hydroxyl groups is 1. The third-order valence-electron chi connectivity index (χ3n) is 3.64. The van der Waals surface area contributed by atoms with Gasteiger partial charge in [0.1, 0.15) is 6.04 Å². The van der Waals surface area contributed by atoms with Crippen LogP contribution in [0.15, 0.2) is 54.6 Å². The maximum Gasteiger partial charge on any atom is 0.251 e.